The first-order valence-electron chi connectivity index (χ1n) is 15.6. The zero-order chi connectivity index (χ0) is 30.3. The van der Waals surface area contributed by atoms with Gasteiger partial charge in [0.05, 0.1) is 11.7 Å². The molecule has 1 heterocycles. The van der Waals surface area contributed by atoms with Crippen molar-refractivity contribution < 1.29 is 4.48 Å². The van der Waals surface area contributed by atoms with Crippen molar-refractivity contribution in [1.29, 1.82) is 0 Å². The van der Waals surface area contributed by atoms with Gasteiger partial charge in [0.2, 0.25) is 0 Å². The maximum Gasteiger partial charge on any atom is 0.0844 e. The van der Waals surface area contributed by atoms with Crippen LogP contribution in [0, 0.1) is 12.8 Å². The van der Waals surface area contributed by atoms with Gasteiger partial charge in [0.1, 0.15) is 0 Å². The van der Waals surface area contributed by atoms with Gasteiger partial charge < -0.3 is 0 Å². The molecule has 2 nitrogen and oxygen atoms in total. The van der Waals surface area contributed by atoms with Gasteiger partial charge in [0.25, 0.3) is 0 Å². The van der Waals surface area contributed by atoms with E-state index >= 15 is 4.48 Å². The minimum atomic E-state index is -0.141. The third-order valence-electron chi connectivity index (χ3n) is 8.64. The number of halogens is 1. The normalized spacial score (nSPS) is 16.8. The molecule has 2 aliphatic carbocycles. The number of aromatic nitrogens is 1. The number of allylic oxidation sites excluding steroid dienone is 7. The number of nitrogens with zero attached hydrogens (tertiary/aromatic N) is 2. The van der Waals surface area contributed by atoms with Crippen molar-refractivity contribution in [1.82, 2.24) is 4.79 Å². The largest absolute Gasteiger partial charge is 0.290 e. The van der Waals surface area contributed by atoms with Crippen LogP contribution in [0.25, 0.3) is 22.4 Å². The van der Waals surface area contributed by atoms with Crippen LogP contribution < -0.4 is 0 Å². The lowest BCUT2D eigenvalue weighted by atomic mass is 9.80. The number of hydrogen-bond acceptors (Lipinski definition) is 1. The number of benzene rings is 2. The van der Waals surface area contributed by atoms with Gasteiger partial charge in [-0.2, -0.15) is 4.79 Å². The zero-order valence-corrected chi connectivity index (χ0v) is 26.5. The molecule has 42 heavy (non-hydrogen) atoms. The summed E-state index contributed by atoms with van der Waals surface area (Å²) in [5.74, 6) is 0.186. The van der Waals surface area contributed by atoms with E-state index in [4.69, 9.17) is 4.99 Å². The minimum Gasteiger partial charge on any atom is -0.290 e. The molecular weight excluding hydrogens is 515 g/mol. The fraction of sp³-hybridized carbons (Fsp3) is 0.359. The molecule has 0 fully saturated rings. The first kappa shape index (κ1) is 31.2. The molecule has 5 rings (SSSR count). The number of hydrogen-bond donors (Lipinski definition) is 0. The van der Waals surface area contributed by atoms with E-state index in [1.165, 1.54) is 34.0 Å². The highest BCUT2D eigenvalue weighted by molar-refractivity contribution is 5.85. The van der Waals surface area contributed by atoms with Gasteiger partial charge in [0, 0.05) is 29.3 Å². The summed E-state index contributed by atoms with van der Waals surface area (Å²) < 4.78 is 15.2. The Morgan fingerprint density at radius 3 is 2.52 bits per heavy atom. The van der Waals surface area contributed by atoms with E-state index in [0.29, 0.717) is 5.69 Å². The Balaban J connectivity index is 0.00000198. The topological polar surface area (TPSA) is 17.3 Å². The number of rotatable bonds is 9. The van der Waals surface area contributed by atoms with E-state index in [-0.39, 0.29) is 17.4 Å². The summed E-state index contributed by atoms with van der Waals surface area (Å²) in [6.45, 7) is 14.8. The molecule has 0 saturated carbocycles. The summed E-state index contributed by atoms with van der Waals surface area (Å²) in [6, 6.07) is 15.2. The third kappa shape index (κ3) is 6.51. The molecule has 0 bridgehead atoms. The highest BCUT2D eigenvalue weighted by Crippen LogP contribution is 2.51. The Hall–Kier alpha value is -3.72. The maximum absolute atomic E-state index is 15.2. The molecule has 3 heteroatoms. The van der Waals surface area contributed by atoms with Gasteiger partial charge in [0.15, 0.2) is 0 Å². The number of fused-ring (bicyclic) bond motifs is 3. The highest BCUT2D eigenvalue weighted by Gasteiger charge is 2.36. The molecule has 0 amide bonds. The third-order valence-corrected chi connectivity index (χ3v) is 8.64. The fourth-order valence-electron chi connectivity index (χ4n) is 6.31. The summed E-state index contributed by atoms with van der Waals surface area (Å²) in [7, 11) is 0. The number of aliphatic imine (C=N–C) groups is 1. The predicted octanol–water partition coefficient (Wildman–Crippen LogP) is 10.9. The van der Waals surface area contributed by atoms with Gasteiger partial charge >= 0.3 is 0 Å². The Morgan fingerprint density at radius 2 is 1.83 bits per heavy atom. The molecule has 2 aliphatic rings. The van der Waals surface area contributed by atoms with E-state index in [2.05, 4.69) is 107 Å². The van der Waals surface area contributed by atoms with Crippen LogP contribution in [0.1, 0.15) is 83.1 Å². The molecular formula is C39H47FN2. The Bertz CT molecular complexity index is 1510. The second kappa shape index (κ2) is 14.0. The summed E-state index contributed by atoms with van der Waals surface area (Å²) in [4.78, 5) is 5.69. The Labute approximate surface area is 253 Å². The van der Waals surface area contributed by atoms with Crippen molar-refractivity contribution in [2.75, 3.05) is 0 Å². The molecule has 2 aromatic carbocycles. The summed E-state index contributed by atoms with van der Waals surface area (Å²) >= 11 is 0. The molecule has 0 N–H and O–H groups in total. The molecule has 3 aromatic rings. The summed E-state index contributed by atoms with van der Waals surface area (Å²) in [5.41, 5.74) is 10.2. The van der Waals surface area contributed by atoms with Gasteiger partial charge in [-0.3, -0.25) is 4.99 Å². The van der Waals surface area contributed by atoms with Crippen LogP contribution in [0.2, 0.25) is 0 Å². The van der Waals surface area contributed by atoms with E-state index < -0.39 is 0 Å². The van der Waals surface area contributed by atoms with Crippen LogP contribution in [-0.2, 0) is 11.8 Å². The van der Waals surface area contributed by atoms with Crippen LogP contribution in [0.3, 0.4) is 0 Å². The van der Waals surface area contributed by atoms with Crippen LogP contribution in [0.4, 0.5) is 4.48 Å². The van der Waals surface area contributed by atoms with E-state index in [1.807, 2.05) is 33.1 Å². The lowest BCUT2D eigenvalue weighted by Crippen LogP contribution is -2.18. The molecule has 0 aliphatic heterocycles. The first-order chi connectivity index (χ1) is 20.3. The first-order valence-corrected chi connectivity index (χ1v) is 15.6. The molecule has 0 radical (unpaired) electrons. The SMILES string of the molecule is CC.CC=C[C@@H](Cc1cc2c(cc1-c1c(C)ccn1F)C(C)(C)c1ccccc1-2)C(C)N=C/C=C\CC1=CC=CCC1. The van der Waals surface area contributed by atoms with E-state index in [0.717, 1.165) is 47.2 Å². The van der Waals surface area contributed by atoms with Crippen molar-refractivity contribution in [3.05, 3.63) is 119 Å². The van der Waals surface area contributed by atoms with Gasteiger partial charge in [-0.1, -0.05) is 105 Å². The van der Waals surface area contributed by atoms with Crippen molar-refractivity contribution in [3.63, 3.8) is 0 Å². The molecule has 0 saturated heterocycles. The van der Waals surface area contributed by atoms with Crippen molar-refractivity contribution in [2.24, 2.45) is 10.9 Å². The Kier molecular flexibility index (Phi) is 10.4. The van der Waals surface area contributed by atoms with Gasteiger partial charge in [-0.15, -0.1) is 0 Å². The molecule has 1 unspecified atom stereocenters. The van der Waals surface area contributed by atoms with Crippen LogP contribution >= 0.6 is 0 Å². The minimum absolute atomic E-state index is 0.0840. The fourth-order valence-corrected chi connectivity index (χ4v) is 6.31. The lowest BCUT2D eigenvalue weighted by Gasteiger charge is -2.24. The van der Waals surface area contributed by atoms with Gasteiger partial charge in [-0.25, -0.2) is 0 Å². The van der Waals surface area contributed by atoms with Crippen LogP contribution in [0.15, 0.2) is 102 Å². The summed E-state index contributed by atoms with van der Waals surface area (Å²) in [5, 5.41) is 0. The van der Waals surface area contributed by atoms with Crippen LogP contribution in [0.5, 0.6) is 0 Å². The molecule has 0 spiro atoms. The second-order valence-corrected chi connectivity index (χ2v) is 11.7. The Morgan fingerprint density at radius 1 is 1.05 bits per heavy atom. The smallest absolute Gasteiger partial charge is 0.0844 e. The zero-order valence-electron chi connectivity index (χ0n) is 26.5. The van der Waals surface area contributed by atoms with Crippen molar-refractivity contribution >= 4 is 6.21 Å². The van der Waals surface area contributed by atoms with Crippen LogP contribution in [-0.4, -0.2) is 17.0 Å². The average molecular weight is 563 g/mol. The van der Waals surface area contributed by atoms with Crippen molar-refractivity contribution in [2.45, 2.75) is 85.6 Å². The lowest BCUT2D eigenvalue weighted by molar-refractivity contribution is 0.376. The standard InChI is InChI=1S/C37H41FN2.C2H6/c1-6-14-29(27(3)39-21-13-12-17-28-15-8-7-9-16-28)23-30-24-33-31-18-10-11-19-34(31)37(4,5)35(33)25-32(30)36-26(2)20-22-40(36)38;1-2/h6-8,10-15,18-22,24-25,27,29H,9,16-17,23H2,1-5H3;1-2H3/b13-12-,14-6?,39-21?;/t27?,29-;/m0./s1. The van der Waals surface area contributed by atoms with Crippen molar-refractivity contribution in [3.8, 4) is 22.4 Å². The predicted molar refractivity (Wildman–Crippen MR) is 180 cm³/mol. The quantitative estimate of drug-likeness (QED) is 0.182. The van der Waals surface area contributed by atoms with E-state index in [1.54, 1.807) is 0 Å². The highest BCUT2D eigenvalue weighted by atomic mass is 19.2. The second-order valence-electron chi connectivity index (χ2n) is 11.7. The summed E-state index contributed by atoms with van der Waals surface area (Å²) in [6.07, 6.45) is 22.7. The number of aryl methyl sites for hydroxylation is 1. The van der Waals surface area contributed by atoms with E-state index in [9.17, 15) is 0 Å². The molecule has 2 atom stereocenters. The average Bonchev–Trinajstić information content (AvgIpc) is 3.45. The van der Waals surface area contributed by atoms with Gasteiger partial charge in [-0.05, 0) is 98.0 Å². The monoisotopic (exact) mass is 562 g/mol. The maximum atomic E-state index is 15.2. The molecule has 220 valence electrons. The molecule has 1 aromatic heterocycles.